The third-order valence-electron chi connectivity index (χ3n) is 5.04. The smallest absolute Gasteiger partial charge is 0.252 e. The van der Waals surface area contributed by atoms with Gasteiger partial charge in [-0.05, 0) is 34.7 Å². The van der Waals surface area contributed by atoms with E-state index in [1.54, 1.807) is 0 Å². The summed E-state index contributed by atoms with van der Waals surface area (Å²) in [5, 5.41) is 3.25. The molecule has 0 bridgehead atoms. The van der Waals surface area contributed by atoms with Crippen LogP contribution in [0.25, 0.3) is 0 Å². The lowest BCUT2D eigenvalue weighted by Crippen LogP contribution is -2.30. The van der Waals surface area contributed by atoms with Crippen molar-refractivity contribution in [3.05, 3.63) is 143 Å². The highest BCUT2D eigenvalue weighted by Gasteiger charge is 2.19. The molecule has 0 aliphatic rings. The second-order valence-electron chi connectivity index (χ2n) is 7.05. The van der Waals surface area contributed by atoms with Crippen LogP contribution in [0.15, 0.2) is 115 Å². The Morgan fingerprint density at radius 3 is 1.69 bits per heavy atom. The lowest BCUT2D eigenvalue weighted by atomic mass is 9.96. The molecule has 4 aromatic rings. The van der Waals surface area contributed by atoms with Crippen molar-refractivity contribution >= 4 is 5.91 Å². The van der Waals surface area contributed by atoms with E-state index in [1.807, 2.05) is 103 Å². The molecule has 0 unspecified atom stereocenters. The molecular weight excluding hydrogens is 354 g/mol. The fraction of sp³-hybridized carbons (Fsp3) is 0.0741. The molecule has 29 heavy (non-hydrogen) atoms. The second-order valence-corrected chi connectivity index (χ2v) is 7.05. The molecule has 0 spiro atoms. The molecule has 142 valence electrons. The summed E-state index contributed by atoms with van der Waals surface area (Å²) >= 11 is 0. The van der Waals surface area contributed by atoms with Crippen LogP contribution in [0, 0.1) is 0 Å². The van der Waals surface area contributed by atoms with Crippen LogP contribution in [0.5, 0.6) is 0 Å². The maximum atomic E-state index is 13.3. The number of hydrogen-bond donors (Lipinski definition) is 1. The Kier molecular flexibility index (Phi) is 5.82. The molecule has 0 aliphatic heterocycles. The number of carbonyl (C=O) groups excluding carboxylic acids is 1. The molecule has 0 radical (unpaired) electrons. The van der Waals surface area contributed by atoms with Crippen molar-refractivity contribution in [2.45, 2.75) is 12.5 Å². The van der Waals surface area contributed by atoms with Gasteiger partial charge < -0.3 is 5.32 Å². The normalized spacial score (nSPS) is 10.7. The minimum atomic E-state index is -0.199. The summed E-state index contributed by atoms with van der Waals surface area (Å²) in [5.74, 6) is -0.0609. The fourth-order valence-electron chi connectivity index (χ4n) is 3.57. The van der Waals surface area contributed by atoms with E-state index in [-0.39, 0.29) is 11.9 Å². The van der Waals surface area contributed by atoms with Gasteiger partial charge in [0.2, 0.25) is 0 Å². The minimum Gasteiger partial charge on any atom is -0.341 e. The van der Waals surface area contributed by atoms with E-state index in [9.17, 15) is 4.79 Å². The number of rotatable bonds is 6. The van der Waals surface area contributed by atoms with Gasteiger partial charge in [-0.15, -0.1) is 0 Å². The molecule has 2 nitrogen and oxygen atoms in total. The first kappa shape index (κ1) is 18.7. The summed E-state index contributed by atoms with van der Waals surface area (Å²) in [6, 6.07) is 38.1. The summed E-state index contributed by atoms with van der Waals surface area (Å²) in [6.07, 6.45) is 0.728. The Balaban J connectivity index is 1.64. The van der Waals surface area contributed by atoms with Crippen LogP contribution < -0.4 is 5.32 Å². The van der Waals surface area contributed by atoms with Crippen LogP contribution in [-0.4, -0.2) is 5.91 Å². The lowest BCUT2D eigenvalue weighted by molar-refractivity contribution is 0.0942. The summed E-state index contributed by atoms with van der Waals surface area (Å²) in [4.78, 5) is 13.3. The SMILES string of the molecule is O=C(NC(c1ccccc1)c1ccccc1)c1ccccc1Cc1ccccc1. The highest BCUT2D eigenvalue weighted by molar-refractivity contribution is 5.96. The third kappa shape index (κ3) is 4.61. The summed E-state index contributed by atoms with van der Waals surface area (Å²) in [6.45, 7) is 0. The van der Waals surface area contributed by atoms with Crippen molar-refractivity contribution in [1.29, 1.82) is 0 Å². The van der Waals surface area contributed by atoms with E-state index in [0.717, 1.165) is 23.1 Å². The lowest BCUT2D eigenvalue weighted by Gasteiger charge is -2.21. The number of hydrogen-bond acceptors (Lipinski definition) is 1. The predicted molar refractivity (Wildman–Crippen MR) is 118 cm³/mol. The zero-order valence-corrected chi connectivity index (χ0v) is 16.2. The summed E-state index contributed by atoms with van der Waals surface area (Å²) in [7, 11) is 0. The van der Waals surface area contributed by atoms with Gasteiger partial charge in [-0.2, -0.15) is 0 Å². The Morgan fingerprint density at radius 2 is 1.10 bits per heavy atom. The standard InChI is InChI=1S/C27H23NO/c29-27(25-19-11-10-18-24(25)20-21-12-4-1-5-13-21)28-26(22-14-6-2-7-15-22)23-16-8-3-9-17-23/h1-19,26H,20H2,(H,28,29). The van der Waals surface area contributed by atoms with Gasteiger partial charge in [-0.25, -0.2) is 0 Å². The van der Waals surface area contributed by atoms with Gasteiger partial charge >= 0.3 is 0 Å². The van der Waals surface area contributed by atoms with Gasteiger partial charge in [0.25, 0.3) is 5.91 Å². The van der Waals surface area contributed by atoms with Crippen molar-refractivity contribution in [2.75, 3.05) is 0 Å². The van der Waals surface area contributed by atoms with E-state index < -0.39 is 0 Å². The molecule has 4 aromatic carbocycles. The van der Waals surface area contributed by atoms with Crippen molar-refractivity contribution in [2.24, 2.45) is 0 Å². The molecule has 4 rings (SSSR count). The molecule has 0 atom stereocenters. The van der Waals surface area contributed by atoms with Crippen molar-refractivity contribution in [3.8, 4) is 0 Å². The van der Waals surface area contributed by atoms with E-state index >= 15 is 0 Å². The Morgan fingerprint density at radius 1 is 0.621 bits per heavy atom. The minimum absolute atomic E-state index is 0.0609. The molecule has 0 heterocycles. The first-order valence-corrected chi connectivity index (χ1v) is 9.84. The van der Waals surface area contributed by atoms with Crippen LogP contribution in [0.2, 0.25) is 0 Å². The number of nitrogens with one attached hydrogen (secondary N) is 1. The zero-order chi connectivity index (χ0) is 19.9. The van der Waals surface area contributed by atoms with Crippen molar-refractivity contribution in [1.82, 2.24) is 5.32 Å². The van der Waals surface area contributed by atoms with Gasteiger partial charge in [0.15, 0.2) is 0 Å². The quantitative estimate of drug-likeness (QED) is 0.452. The maximum absolute atomic E-state index is 13.3. The summed E-state index contributed by atoms with van der Waals surface area (Å²) in [5.41, 5.74) is 5.06. The van der Waals surface area contributed by atoms with Gasteiger partial charge in [-0.3, -0.25) is 4.79 Å². The van der Waals surface area contributed by atoms with Crippen LogP contribution in [0.3, 0.4) is 0 Å². The average molecular weight is 377 g/mol. The average Bonchev–Trinajstić information content (AvgIpc) is 2.79. The highest BCUT2D eigenvalue weighted by Crippen LogP contribution is 2.23. The molecule has 1 amide bonds. The van der Waals surface area contributed by atoms with Gasteiger partial charge in [0, 0.05) is 5.56 Å². The zero-order valence-electron chi connectivity index (χ0n) is 16.2. The molecule has 0 saturated heterocycles. The second kappa shape index (κ2) is 9.03. The van der Waals surface area contributed by atoms with Crippen LogP contribution in [-0.2, 0) is 6.42 Å². The maximum Gasteiger partial charge on any atom is 0.252 e. The van der Waals surface area contributed by atoms with E-state index in [1.165, 1.54) is 5.56 Å². The van der Waals surface area contributed by atoms with Crippen molar-refractivity contribution in [3.63, 3.8) is 0 Å². The Labute approximate surface area is 171 Å². The van der Waals surface area contributed by atoms with Crippen LogP contribution in [0.4, 0.5) is 0 Å². The predicted octanol–water partition coefficient (Wildman–Crippen LogP) is 5.80. The molecule has 2 heteroatoms. The third-order valence-corrected chi connectivity index (χ3v) is 5.04. The van der Waals surface area contributed by atoms with Gasteiger partial charge in [-0.1, -0.05) is 109 Å². The molecule has 1 N–H and O–H groups in total. The number of benzene rings is 4. The van der Waals surface area contributed by atoms with Gasteiger partial charge in [0.05, 0.1) is 6.04 Å². The van der Waals surface area contributed by atoms with E-state index in [4.69, 9.17) is 0 Å². The molecular formula is C27H23NO. The Hall–Kier alpha value is -3.65. The van der Waals surface area contributed by atoms with Crippen molar-refractivity contribution < 1.29 is 4.79 Å². The molecule has 0 fully saturated rings. The summed E-state index contributed by atoms with van der Waals surface area (Å²) < 4.78 is 0. The van der Waals surface area contributed by atoms with E-state index in [0.29, 0.717) is 5.56 Å². The number of amides is 1. The van der Waals surface area contributed by atoms with Crippen LogP contribution >= 0.6 is 0 Å². The number of carbonyl (C=O) groups is 1. The molecule has 0 aromatic heterocycles. The first-order valence-electron chi connectivity index (χ1n) is 9.84. The topological polar surface area (TPSA) is 29.1 Å². The molecule has 0 aliphatic carbocycles. The fourth-order valence-corrected chi connectivity index (χ4v) is 3.57. The van der Waals surface area contributed by atoms with Crippen LogP contribution in [0.1, 0.15) is 38.7 Å². The molecule has 0 saturated carbocycles. The monoisotopic (exact) mass is 377 g/mol. The van der Waals surface area contributed by atoms with Gasteiger partial charge in [0.1, 0.15) is 0 Å². The highest BCUT2D eigenvalue weighted by atomic mass is 16.1. The first-order chi connectivity index (χ1) is 14.3. The Bertz CT molecular complexity index is 1020. The largest absolute Gasteiger partial charge is 0.341 e. The van der Waals surface area contributed by atoms with E-state index in [2.05, 4.69) is 17.4 Å².